The van der Waals surface area contributed by atoms with Crippen molar-refractivity contribution < 1.29 is 5.21 Å². The SMILES string of the molecule is CCc1ccc(N=C(N)NO)cc1. The van der Waals surface area contributed by atoms with Gasteiger partial charge in [-0.05, 0) is 24.1 Å². The van der Waals surface area contributed by atoms with Crippen molar-refractivity contribution in [1.82, 2.24) is 5.48 Å². The highest BCUT2D eigenvalue weighted by Crippen LogP contribution is 2.12. The number of aliphatic imine (C=N–C) groups is 1. The third-order valence-electron chi connectivity index (χ3n) is 1.71. The molecule has 1 rings (SSSR count). The molecule has 0 saturated heterocycles. The van der Waals surface area contributed by atoms with E-state index in [0.29, 0.717) is 0 Å². The highest BCUT2D eigenvalue weighted by molar-refractivity contribution is 5.79. The van der Waals surface area contributed by atoms with E-state index in [0.717, 1.165) is 12.1 Å². The predicted octanol–water partition coefficient (Wildman–Crippen LogP) is 1.17. The van der Waals surface area contributed by atoms with Crippen LogP contribution < -0.4 is 11.2 Å². The number of aryl methyl sites for hydroxylation is 1. The summed E-state index contributed by atoms with van der Waals surface area (Å²) in [4.78, 5) is 3.89. The highest BCUT2D eigenvalue weighted by atomic mass is 16.5. The van der Waals surface area contributed by atoms with Crippen molar-refractivity contribution >= 4 is 11.6 Å². The Balaban J connectivity index is 2.80. The average Bonchev–Trinajstić information content (AvgIpc) is 2.19. The number of nitrogens with one attached hydrogen (secondary N) is 1. The normalized spacial score (nSPS) is 11.4. The van der Waals surface area contributed by atoms with E-state index in [4.69, 9.17) is 10.9 Å². The van der Waals surface area contributed by atoms with Crippen molar-refractivity contribution in [2.75, 3.05) is 0 Å². The molecule has 0 aliphatic heterocycles. The van der Waals surface area contributed by atoms with E-state index in [2.05, 4.69) is 11.9 Å². The lowest BCUT2D eigenvalue weighted by Gasteiger charge is -1.99. The van der Waals surface area contributed by atoms with Gasteiger partial charge in [-0.3, -0.25) is 5.21 Å². The maximum atomic E-state index is 8.39. The molecular formula is C9H13N3O. The Morgan fingerprint density at radius 2 is 2.08 bits per heavy atom. The van der Waals surface area contributed by atoms with Crippen molar-refractivity contribution in [1.29, 1.82) is 0 Å². The smallest absolute Gasteiger partial charge is 0.218 e. The molecule has 0 aromatic heterocycles. The van der Waals surface area contributed by atoms with Crippen LogP contribution in [0.5, 0.6) is 0 Å². The lowest BCUT2D eigenvalue weighted by molar-refractivity contribution is 0.233. The Bertz CT molecular complexity index is 292. The Labute approximate surface area is 77.1 Å². The molecule has 0 spiro atoms. The first-order chi connectivity index (χ1) is 6.26. The van der Waals surface area contributed by atoms with E-state index in [1.54, 1.807) is 5.48 Å². The van der Waals surface area contributed by atoms with Gasteiger partial charge >= 0.3 is 0 Å². The van der Waals surface area contributed by atoms with Crippen molar-refractivity contribution in [3.63, 3.8) is 0 Å². The molecular weight excluding hydrogens is 166 g/mol. The molecule has 70 valence electrons. The quantitative estimate of drug-likeness (QED) is 0.362. The summed E-state index contributed by atoms with van der Waals surface area (Å²) in [5.41, 5.74) is 9.00. The van der Waals surface area contributed by atoms with Crippen molar-refractivity contribution in [3.8, 4) is 0 Å². The van der Waals surface area contributed by atoms with Gasteiger partial charge in [-0.2, -0.15) is 0 Å². The lowest BCUT2D eigenvalue weighted by atomic mass is 10.2. The third-order valence-corrected chi connectivity index (χ3v) is 1.71. The summed E-state index contributed by atoms with van der Waals surface area (Å²) in [6, 6.07) is 7.65. The first-order valence-corrected chi connectivity index (χ1v) is 4.09. The minimum atomic E-state index is -0.00996. The maximum Gasteiger partial charge on any atom is 0.218 e. The predicted molar refractivity (Wildman–Crippen MR) is 52.0 cm³/mol. The van der Waals surface area contributed by atoms with Gasteiger partial charge in [-0.15, -0.1) is 0 Å². The van der Waals surface area contributed by atoms with Crippen LogP contribution in [0.3, 0.4) is 0 Å². The molecule has 1 aromatic carbocycles. The zero-order valence-corrected chi connectivity index (χ0v) is 7.49. The second-order valence-electron chi connectivity index (χ2n) is 2.63. The van der Waals surface area contributed by atoms with E-state index in [1.807, 2.05) is 24.3 Å². The second-order valence-corrected chi connectivity index (χ2v) is 2.63. The number of benzene rings is 1. The van der Waals surface area contributed by atoms with Crippen LogP contribution in [-0.4, -0.2) is 11.2 Å². The summed E-state index contributed by atoms with van der Waals surface area (Å²) in [6.07, 6.45) is 0.998. The highest BCUT2D eigenvalue weighted by Gasteiger charge is 1.92. The van der Waals surface area contributed by atoms with Crippen molar-refractivity contribution in [2.45, 2.75) is 13.3 Å². The Morgan fingerprint density at radius 3 is 2.54 bits per heavy atom. The van der Waals surface area contributed by atoms with Gasteiger partial charge < -0.3 is 5.73 Å². The Morgan fingerprint density at radius 1 is 1.46 bits per heavy atom. The Hall–Kier alpha value is -1.55. The van der Waals surface area contributed by atoms with Crippen molar-refractivity contribution in [3.05, 3.63) is 29.8 Å². The monoisotopic (exact) mass is 179 g/mol. The van der Waals surface area contributed by atoms with Gasteiger partial charge in [-0.1, -0.05) is 19.1 Å². The number of nitrogens with two attached hydrogens (primary N) is 1. The molecule has 0 aliphatic rings. The van der Waals surface area contributed by atoms with Crippen LogP contribution in [0.4, 0.5) is 5.69 Å². The van der Waals surface area contributed by atoms with Crippen LogP contribution in [0.15, 0.2) is 29.3 Å². The number of nitrogens with zero attached hydrogens (tertiary/aromatic N) is 1. The number of hydrogen-bond acceptors (Lipinski definition) is 2. The van der Waals surface area contributed by atoms with Crippen LogP contribution in [-0.2, 0) is 6.42 Å². The number of rotatable bonds is 2. The van der Waals surface area contributed by atoms with Gasteiger partial charge in [0.15, 0.2) is 0 Å². The van der Waals surface area contributed by atoms with Crippen LogP contribution in [0.1, 0.15) is 12.5 Å². The van der Waals surface area contributed by atoms with E-state index < -0.39 is 0 Å². The molecule has 0 unspecified atom stereocenters. The number of guanidine groups is 1. The maximum absolute atomic E-state index is 8.39. The molecule has 0 atom stereocenters. The molecule has 0 bridgehead atoms. The van der Waals surface area contributed by atoms with Gasteiger partial charge in [0.05, 0.1) is 5.69 Å². The fourth-order valence-corrected chi connectivity index (χ4v) is 0.970. The van der Waals surface area contributed by atoms with Gasteiger partial charge in [-0.25, -0.2) is 10.5 Å². The van der Waals surface area contributed by atoms with E-state index in [-0.39, 0.29) is 5.96 Å². The largest absolute Gasteiger partial charge is 0.368 e. The van der Waals surface area contributed by atoms with Gasteiger partial charge in [0.1, 0.15) is 0 Å². The van der Waals surface area contributed by atoms with Gasteiger partial charge in [0.25, 0.3) is 0 Å². The standard InChI is InChI=1S/C9H13N3O/c1-2-7-3-5-8(6-4-7)11-9(10)12-13/h3-6,13H,2H2,1H3,(H3,10,11,12). The van der Waals surface area contributed by atoms with Gasteiger partial charge in [0.2, 0.25) is 5.96 Å². The lowest BCUT2D eigenvalue weighted by Crippen LogP contribution is -2.27. The summed E-state index contributed by atoms with van der Waals surface area (Å²) in [5, 5.41) is 8.39. The summed E-state index contributed by atoms with van der Waals surface area (Å²) >= 11 is 0. The molecule has 4 heteroatoms. The minimum Gasteiger partial charge on any atom is -0.368 e. The average molecular weight is 179 g/mol. The fraction of sp³-hybridized carbons (Fsp3) is 0.222. The topological polar surface area (TPSA) is 70.6 Å². The van der Waals surface area contributed by atoms with E-state index in [1.165, 1.54) is 5.56 Å². The molecule has 0 radical (unpaired) electrons. The molecule has 0 heterocycles. The third kappa shape index (κ3) is 2.76. The van der Waals surface area contributed by atoms with Gasteiger partial charge in [0, 0.05) is 0 Å². The molecule has 0 fully saturated rings. The summed E-state index contributed by atoms with van der Waals surface area (Å²) in [5.74, 6) is -0.00996. The number of hydroxylamine groups is 1. The van der Waals surface area contributed by atoms with Crippen LogP contribution >= 0.6 is 0 Å². The zero-order valence-electron chi connectivity index (χ0n) is 7.49. The summed E-state index contributed by atoms with van der Waals surface area (Å²) in [6.45, 7) is 2.09. The molecule has 1 aromatic rings. The minimum absolute atomic E-state index is 0.00996. The molecule has 0 amide bonds. The first-order valence-electron chi connectivity index (χ1n) is 4.09. The van der Waals surface area contributed by atoms with Crippen molar-refractivity contribution in [2.24, 2.45) is 10.7 Å². The molecule has 0 aliphatic carbocycles. The summed E-state index contributed by atoms with van der Waals surface area (Å²) < 4.78 is 0. The Kier molecular flexibility index (Phi) is 3.28. The zero-order chi connectivity index (χ0) is 9.68. The fourth-order valence-electron chi connectivity index (χ4n) is 0.970. The van der Waals surface area contributed by atoms with Crippen LogP contribution in [0, 0.1) is 0 Å². The second kappa shape index (κ2) is 4.47. The number of hydrogen-bond donors (Lipinski definition) is 3. The summed E-state index contributed by atoms with van der Waals surface area (Å²) in [7, 11) is 0. The first kappa shape index (κ1) is 9.54. The molecule has 4 nitrogen and oxygen atoms in total. The molecule has 4 N–H and O–H groups in total. The van der Waals surface area contributed by atoms with E-state index in [9.17, 15) is 0 Å². The molecule has 13 heavy (non-hydrogen) atoms. The van der Waals surface area contributed by atoms with Crippen LogP contribution in [0.2, 0.25) is 0 Å². The van der Waals surface area contributed by atoms with E-state index >= 15 is 0 Å². The molecule has 0 saturated carbocycles. The van der Waals surface area contributed by atoms with Crippen LogP contribution in [0.25, 0.3) is 0 Å².